The molecule has 2 aromatic heterocycles. The second-order valence-electron chi connectivity index (χ2n) is 6.49. The fraction of sp³-hybridized carbons (Fsp3) is 0.579. The summed E-state index contributed by atoms with van der Waals surface area (Å²) in [4.78, 5) is 13.1. The minimum absolute atomic E-state index is 0. The number of ether oxygens (including phenoxy) is 1. The molecule has 0 fully saturated rings. The molecule has 5 nitrogen and oxygen atoms in total. The molecular weight excluding hydrogens is 491 g/mol. The van der Waals surface area contributed by atoms with Crippen LogP contribution in [0.25, 0.3) is 0 Å². The van der Waals surface area contributed by atoms with Gasteiger partial charge in [-0.3, -0.25) is 4.99 Å². The fourth-order valence-corrected chi connectivity index (χ4v) is 4.26. The van der Waals surface area contributed by atoms with E-state index in [1.165, 1.54) is 4.88 Å². The maximum Gasteiger partial charge on any atom is 0.194 e. The molecule has 27 heavy (non-hydrogen) atoms. The first kappa shape index (κ1) is 24.3. The second-order valence-corrected chi connectivity index (χ2v) is 8.42. The van der Waals surface area contributed by atoms with Gasteiger partial charge < -0.3 is 15.0 Å². The summed E-state index contributed by atoms with van der Waals surface area (Å²) in [6, 6.07) is 4.31. The Hall–Kier alpha value is -0.710. The molecule has 2 unspecified atom stereocenters. The molecule has 0 aliphatic heterocycles. The number of nitrogens with zero attached hydrogens (tertiary/aromatic N) is 3. The number of methoxy groups -OCH3 is 1. The van der Waals surface area contributed by atoms with Crippen molar-refractivity contribution in [3.63, 3.8) is 0 Å². The van der Waals surface area contributed by atoms with Crippen molar-refractivity contribution < 1.29 is 4.74 Å². The van der Waals surface area contributed by atoms with E-state index in [2.05, 4.69) is 59.0 Å². The van der Waals surface area contributed by atoms with Crippen LogP contribution < -0.4 is 5.32 Å². The minimum Gasteiger partial charge on any atom is -0.375 e. The van der Waals surface area contributed by atoms with Crippen LogP contribution in [0.5, 0.6) is 0 Å². The largest absolute Gasteiger partial charge is 0.375 e. The summed E-state index contributed by atoms with van der Waals surface area (Å²) in [6.07, 6.45) is 1.12. The average molecular weight is 523 g/mol. The summed E-state index contributed by atoms with van der Waals surface area (Å²) < 4.78 is 5.35. The van der Waals surface area contributed by atoms with E-state index in [1.54, 1.807) is 18.4 Å². The van der Waals surface area contributed by atoms with E-state index in [4.69, 9.17) is 9.73 Å². The van der Waals surface area contributed by atoms with Crippen LogP contribution in [-0.2, 0) is 17.7 Å². The predicted molar refractivity (Wildman–Crippen MR) is 128 cm³/mol. The Balaban J connectivity index is 0.00000364. The van der Waals surface area contributed by atoms with E-state index in [1.807, 2.05) is 18.3 Å². The zero-order valence-electron chi connectivity index (χ0n) is 16.8. The van der Waals surface area contributed by atoms with Gasteiger partial charge in [-0.05, 0) is 37.6 Å². The van der Waals surface area contributed by atoms with Crippen molar-refractivity contribution in [3.05, 3.63) is 38.5 Å². The highest BCUT2D eigenvalue weighted by Gasteiger charge is 2.13. The highest BCUT2D eigenvalue weighted by molar-refractivity contribution is 14.0. The number of thiophene rings is 1. The maximum absolute atomic E-state index is 5.35. The van der Waals surface area contributed by atoms with E-state index in [0.717, 1.165) is 42.7 Å². The lowest BCUT2D eigenvalue weighted by Gasteiger charge is -2.22. The third kappa shape index (κ3) is 8.05. The number of hydrogen-bond acceptors (Lipinski definition) is 5. The molecule has 0 saturated heterocycles. The molecule has 8 heteroatoms. The Morgan fingerprint density at radius 3 is 2.78 bits per heavy atom. The number of hydrogen-bond donors (Lipinski definition) is 1. The van der Waals surface area contributed by atoms with Gasteiger partial charge in [0, 0.05) is 37.5 Å². The van der Waals surface area contributed by atoms with E-state index < -0.39 is 0 Å². The van der Waals surface area contributed by atoms with Crippen molar-refractivity contribution in [3.8, 4) is 0 Å². The number of guanidine groups is 1. The summed E-state index contributed by atoms with van der Waals surface area (Å²) >= 11 is 3.47. The van der Waals surface area contributed by atoms with Gasteiger partial charge in [-0.15, -0.1) is 46.7 Å². The van der Waals surface area contributed by atoms with Gasteiger partial charge in [-0.1, -0.05) is 13.0 Å². The van der Waals surface area contributed by atoms with Crippen molar-refractivity contribution in [2.45, 2.75) is 39.8 Å². The zero-order chi connectivity index (χ0) is 18.9. The lowest BCUT2D eigenvalue weighted by atomic mass is 10.1. The molecule has 0 amide bonds. The van der Waals surface area contributed by atoms with Crippen molar-refractivity contribution in [1.29, 1.82) is 0 Å². The fourth-order valence-electron chi connectivity index (χ4n) is 2.55. The average Bonchev–Trinajstić information content (AvgIpc) is 3.29. The molecule has 0 spiro atoms. The second kappa shape index (κ2) is 12.7. The zero-order valence-corrected chi connectivity index (χ0v) is 20.7. The molecule has 0 radical (unpaired) electrons. The van der Waals surface area contributed by atoms with E-state index in [9.17, 15) is 0 Å². The van der Waals surface area contributed by atoms with Gasteiger partial charge in [0.15, 0.2) is 5.96 Å². The smallest absolute Gasteiger partial charge is 0.194 e. The maximum atomic E-state index is 5.35. The Morgan fingerprint density at radius 1 is 1.37 bits per heavy atom. The Bertz CT molecular complexity index is 675. The summed E-state index contributed by atoms with van der Waals surface area (Å²) in [5.74, 6) is 1.45. The number of halogens is 1. The van der Waals surface area contributed by atoms with Crippen molar-refractivity contribution in [2.75, 3.05) is 27.2 Å². The molecular formula is C19H31IN4OS2. The molecule has 0 bridgehead atoms. The van der Waals surface area contributed by atoms with Crippen molar-refractivity contribution in [2.24, 2.45) is 10.9 Å². The molecule has 0 saturated carbocycles. The van der Waals surface area contributed by atoms with Crippen LogP contribution in [-0.4, -0.2) is 43.1 Å². The Kier molecular flexibility index (Phi) is 11.4. The highest BCUT2D eigenvalue weighted by Crippen LogP contribution is 2.21. The van der Waals surface area contributed by atoms with Crippen LogP contribution in [0.15, 0.2) is 27.9 Å². The Morgan fingerprint density at radius 2 is 2.15 bits per heavy atom. The van der Waals surface area contributed by atoms with Crippen LogP contribution in [0.3, 0.4) is 0 Å². The van der Waals surface area contributed by atoms with Gasteiger partial charge in [0.05, 0.1) is 12.2 Å². The molecule has 0 aliphatic carbocycles. The number of aromatic nitrogens is 1. The summed E-state index contributed by atoms with van der Waals surface area (Å²) in [7, 11) is 3.77. The van der Waals surface area contributed by atoms with Gasteiger partial charge in [-0.2, -0.15) is 0 Å². The molecule has 2 heterocycles. The van der Waals surface area contributed by atoms with Crippen LogP contribution >= 0.6 is 46.7 Å². The summed E-state index contributed by atoms with van der Waals surface area (Å²) in [5, 5.41) is 8.64. The topological polar surface area (TPSA) is 49.8 Å². The predicted octanol–water partition coefficient (Wildman–Crippen LogP) is 4.81. The normalized spacial score (nSPS) is 13.7. The molecule has 0 aliphatic rings. The molecule has 1 N–H and O–H groups in total. The minimum atomic E-state index is 0. The van der Waals surface area contributed by atoms with Gasteiger partial charge in [0.25, 0.3) is 0 Å². The number of thiazole rings is 1. The lowest BCUT2D eigenvalue weighted by molar-refractivity contribution is 0.119. The lowest BCUT2D eigenvalue weighted by Crippen LogP contribution is -2.39. The number of nitrogens with one attached hydrogen (secondary N) is 1. The molecule has 0 aromatic carbocycles. The molecule has 2 rings (SSSR count). The van der Waals surface area contributed by atoms with Gasteiger partial charge in [-0.25, -0.2) is 4.98 Å². The van der Waals surface area contributed by atoms with E-state index >= 15 is 0 Å². The first-order valence-corrected chi connectivity index (χ1v) is 10.8. The Labute approximate surface area is 188 Å². The van der Waals surface area contributed by atoms with Crippen LogP contribution in [0, 0.1) is 5.92 Å². The highest BCUT2D eigenvalue weighted by atomic mass is 127. The monoisotopic (exact) mass is 522 g/mol. The summed E-state index contributed by atoms with van der Waals surface area (Å²) in [5.41, 5.74) is 1.05. The van der Waals surface area contributed by atoms with Crippen LogP contribution in [0.4, 0.5) is 0 Å². The van der Waals surface area contributed by atoms with Gasteiger partial charge in [0.2, 0.25) is 0 Å². The molecule has 152 valence electrons. The molecule has 2 atom stereocenters. The summed E-state index contributed by atoms with van der Waals surface area (Å²) in [6.45, 7) is 8.77. The SMILES string of the molecule is CCNC(=NCC(C)Cc1cccs1)N(C)Cc1csc(C(C)OC)n1.I. The van der Waals surface area contributed by atoms with E-state index in [-0.39, 0.29) is 30.1 Å². The van der Waals surface area contributed by atoms with Gasteiger partial charge in [0.1, 0.15) is 11.1 Å². The number of rotatable bonds is 9. The third-order valence-electron chi connectivity index (χ3n) is 4.05. The van der Waals surface area contributed by atoms with Crippen molar-refractivity contribution >= 4 is 52.6 Å². The van der Waals surface area contributed by atoms with Crippen LogP contribution in [0.1, 0.15) is 42.5 Å². The quantitative estimate of drug-likeness (QED) is 0.292. The number of aliphatic imine (C=N–C) groups is 1. The van der Waals surface area contributed by atoms with E-state index in [0.29, 0.717) is 5.92 Å². The first-order chi connectivity index (χ1) is 12.5. The van der Waals surface area contributed by atoms with Crippen molar-refractivity contribution in [1.82, 2.24) is 15.2 Å². The third-order valence-corrected chi connectivity index (χ3v) is 6.00. The molecule has 2 aromatic rings. The first-order valence-electron chi connectivity index (χ1n) is 9.02. The van der Waals surface area contributed by atoms with Crippen LogP contribution in [0.2, 0.25) is 0 Å². The standard InChI is InChI=1S/C19H30N4OS2.HI/c1-6-20-19(21-11-14(2)10-17-8-7-9-25-17)23(4)12-16-13-26-18(22-16)15(3)24-5;/h7-9,13-15H,6,10-12H2,1-5H3,(H,20,21);1H. The van der Waals surface area contributed by atoms with Gasteiger partial charge >= 0.3 is 0 Å².